The van der Waals surface area contributed by atoms with Gasteiger partial charge < -0.3 is 9.88 Å². The topological polar surface area (TPSA) is 59.3 Å². The molecule has 5 rings (SSSR count). The Morgan fingerprint density at radius 3 is 2.82 bits per heavy atom. The van der Waals surface area contributed by atoms with E-state index in [1.807, 2.05) is 36.7 Å². The predicted molar refractivity (Wildman–Crippen MR) is 110 cm³/mol. The molecule has 0 aliphatic carbocycles. The minimum Gasteiger partial charge on any atom is -0.377 e. The van der Waals surface area contributed by atoms with Crippen molar-refractivity contribution in [1.82, 2.24) is 9.55 Å². The monoisotopic (exact) mass is 370 g/mol. The number of hydrogen-bond donors (Lipinski definition) is 1. The molecular weight excluding hydrogens is 348 g/mol. The zero-order chi connectivity index (χ0) is 19.1. The van der Waals surface area contributed by atoms with Crippen LogP contribution in [0.2, 0.25) is 0 Å². The van der Waals surface area contributed by atoms with Gasteiger partial charge in [0.1, 0.15) is 12.4 Å². The molecule has 2 atom stereocenters. The van der Waals surface area contributed by atoms with E-state index in [2.05, 4.69) is 41.1 Å². The summed E-state index contributed by atoms with van der Waals surface area (Å²) in [5.74, 6) is 1.03. The summed E-state index contributed by atoms with van der Waals surface area (Å²) in [6.45, 7) is 3.29. The van der Waals surface area contributed by atoms with Crippen LogP contribution in [0.4, 0.5) is 5.69 Å². The summed E-state index contributed by atoms with van der Waals surface area (Å²) in [5, 5.41) is 3.69. The Morgan fingerprint density at radius 2 is 2.00 bits per heavy atom. The SMILES string of the molecule is CCCn1ccnc1C1C2=NCC(=O)c3cccc(c32)NC1c1ccccc1. The van der Waals surface area contributed by atoms with Gasteiger partial charge in [-0.25, -0.2) is 4.98 Å². The highest BCUT2D eigenvalue weighted by Gasteiger charge is 2.41. The van der Waals surface area contributed by atoms with Gasteiger partial charge in [0.15, 0.2) is 5.78 Å². The maximum Gasteiger partial charge on any atom is 0.184 e. The van der Waals surface area contributed by atoms with Crippen molar-refractivity contribution >= 4 is 17.2 Å². The molecule has 3 heterocycles. The standard InChI is InChI=1S/C23H22N4O/c1-2-12-27-13-11-24-23(27)20-21(15-7-4-3-5-8-15)26-17-10-6-9-16-18(28)14-25-22(20)19(16)17/h3-11,13,20-21,26H,2,12,14H2,1H3. The highest BCUT2D eigenvalue weighted by Crippen LogP contribution is 2.44. The van der Waals surface area contributed by atoms with Gasteiger partial charge in [-0.05, 0) is 18.1 Å². The Kier molecular flexibility index (Phi) is 4.08. The van der Waals surface area contributed by atoms with Crippen molar-refractivity contribution in [3.05, 3.63) is 83.4 Å². The van der Waals surface area contributed by atoms with E-state index in [-0.39, 0.29) is 24.3 Å². The number of rotatable bonds is 4. The molecule has 0 radical (unpaired) electrons. The third-order valence-corrected chi connectivity index (χ3v) is 5.60. The number of carbonyl (C=O) groups excluding carboxylic acids is 1. The van der Waals surface area contributed by atoms with Crippen LogP contribution in [0, 0.1) is 0 Å². The van der Waals surface area contributed by atoms with Crippen molar-refractivity contribution in [3.63, 3.8) is 0 Å². The van der Waals surface area contributed by atoms with E-state index < -0.39 is 0 Å². The number of nitrogens with one attached hydrogen (secondary N) is 1. The van der Waals surface area contributed by atoms with Crippen molar-refractivity contribution in [3.8, 4) is 0 Å². The molecule has 0 amide bonds. The first-order valence-electron chi connectivity index (χ1n) is 9.81. The molecular formula is C23H22N4O. The number of imidazole rings is 1. The first kappa shape index (κ1) is 16.9. The van der Waals surface area contributed by atoms with Gasteiger partial charge in [0.05, 0.1) is 17.7 Å². The lowest BCUT2D eigenvalue weighted by Gasteiger charge is -2.38. The molecule has 1 N–H and O–H groups in total. The number of carbonyl (C=O) groups is 1. The number of benzene rings is 2. The van der Waals surface area contributed by atoms with Crippen LogP contribution in [0.15, 0.2) is 65.9 Å². The van der Waals surface area contributed by atoms with Gasteiger partial charge in [0.25, 0.3) is 0 Å². The lowest BCUT2D eigenvalue weighted by atomic mass is 9.78. The van der Waals surface area contributed by atoms with Crippen LogP contribution in [0.25, 0.3) is 0 Å². The summed E-state index contributed by atoms with van der Waals surface area (Å²) in [5.41, 5.74) is 4.85. The second-order valence-corrected chi connectivity index (χ2v) is 7.34. The van der Waals surface area contributed by atoms with Crippen LogP contribution >= 0.6 is 0 Å². The number of aryl methyl sites for hydroxylation is 1. The third-order valence-electron chi connectivity index (χ3n) is 5.60. The third kappa shape index (κ3) is 2.58. The van der Waals surface area contributed by atoms with E-state index in [1.165, 1.54) is 5.56 Å². The van der Waals surface area contributed by atoms with Crippen molar-refractivity contribution < 1.29 is 4.79 Å². The Bertz CT molecular complexity index is 1070. The van der Waals surface area contributed by atoms with Gasteiger partial charge in [-0.1, -0.05) is 49.4 Å². The molecule has 0 spiro atoms. The van der Waals surface area contributed by atoms with E-state index >= 15 is 0 Å². The number of anilines is 1. The molecule has 0 bridgehead atoms. The molecule has 140 valence electrons. The second-order valence-electron chi connectivity index (χ2n) is 7.34. The van der Waals surface area contributed by atoms with Crippen LogP contribution in [-0.4, -0.2) is 27.6 Å². The fourth-order valence-electron chi connectivity index (χ4n) is 4.40. The van der Waals surface area contributed by atoms with Crippen LogP contribution in [0.5, 0.6) is 0 Å². The molecule has 2 aliphatic rings. The minimum atomic E-state index is -0.0503. The average Bonchev–Trinajstić information content (AvgIpc) is 3.19. The Hall–Kier alpha value is -3.21. The number of hydrogen-bond acceptors (Lipinski definition) is 4. The molecule has 3 aromatic rings. The van der Waals surface area contributed by atoms with E-state index in [1.54, 1.807) is 0 Å². The van der Waals surface area contributed by atoms with Crippen molar-refractivity contribution in [2.45, 2.75) is 31.8 Å². The number of Topliss-reactive ketones (excluding diaryl/α,β-unsaturated/α-hetero) is 1. The molecule has 1 aromatic heterocycles. The van der Waals surface area contributed by atoms with Gasteiger partial charge in [-0.2, -0.15) is 0 Å². The number of nitrogens with zero attached hydrogens (tertiary/aromatic N) is 3. The summed E-state index contributed by atoms with van der Waals surface area (Å²) in [6.07, 6.45) is 4.94. The zero-order valence-electron chi connectivity index (χ0n) is 15.8. The molecule has 2 aromatic carbocycles. The van der Waals surface area contributed by atoms with Crippen molar-refractivity contribution in [2.75, 3.05) is 11.9 Å². The molecule has 5 heteroatoms. The molecule has 28 heavy (non-hydrogen) atoms. The molecule has 5 nitrogen and oxygen atoms in total. The summed E-state index contributed by atoms with van der Waals surface area (Å²) in [6, 6.07) is 16.3. The van der Waals surface area contributed by atoms with Crippen molar-refractivity contribution in [2.24, 2.45) is 4.99 Å². The number of aliphatic imine (C=N–C) groups is 1. The van der Waals surface area contributed by atoms with Gasteiger partial charge in [-0.3, -0.25) is 9.79 Å². The summed E-state index contributed by atoms with van der Waals surface area (Å²) < 4.78 is 2.22. The maximum atomic E-state index is 12.5. The van der Waals surface area contributed by atoms with Gasteiger partial charge in [-0.15, -0.1) is 0 Å². The maximum absolute atomic E-state index is 12.5. The molecule has 2 aliphatic heterocycles. The first-order valence-corrected chi connectivity index (χ1v) is 9.81. The fraction of sp³-hybridized carbons (Fsp3) is 0.261. The molecule has 0 saturated heterocycles. The zero-order valence-corrected chi connectivity index (χ0v) is 15.8. The summed E-state index contributed by atoms with van der Waals surface area (Å²) in [7, 11) is 0. The van der Waals surface area contributed by atoms with E-state index in [4.69, 9.17) is 9.98 Å². The van der Waals surface area contributed by atoms with Gasteiger partial charge in [0, 0.05) is 35.8 Å². The Morgan fingerprint density at radius 1 is 1.14 bits per heavy atom. The highest BCUT2D eigenvalue weighted by molar-refractivity contribution is 6.21. The first-order chi connectivity index (χ1) is 13.8. The molecule has 2 unspecified atom stereocenters. The molecule has 0 saturated carbocycles. The van der Waals surface area contributed by atoms with Crippen LogP contribution in [0.3, 0.4) is 0 Å². The second kappa shape index (κ2) is 6.75. The fourth-order valence-corrected chi connectivity index (χ4v) is 4.40. The van der Waals surface area contributed by atoms with Crippen molar-refractivity contribution in [1.29, 1.82) is 0 Å². The van der Waals surface area contributed by atoms with Crippen LogP contribution in [-0.2, 0) is 6.54 Å². The summed E-state index contributed by atoms with van der Waals surface area (Å²) >= 11 is 0. The van der Waals surface area contributed by atoms with Gasteiger partial charge in [0.2, 0.25) is 0 Å². The average molecular weight is 370 g/mol. The van der Waals surface area contributed by atoms with E-state index in [9.17, 15) is 4.79 Å². The molecule has 0 fully saturated rings. The summed E-state index contributed by atoms with van der Waals surface area (Å²) in [4.78, 5) is 22.0. The smallest absolute Gasteiger partial charge is 0.184 e. The Labute approximate surface area is 164 Å². The minimum absolute atomic E-state index is 0.00825. The van der Waals surface area contributed by atoms with E-state index in [0.717, 1.165) is 41.3 Å². The largest absolute Gasteiger partial charge is 0.377 e. The predicted octanol–water partition coefficient (Wildman–Crippen LogP) is 4.23. The Balaban J connectivity index is 1.73. The van der Waals surface area contributed by atoms with Gasteiger partial charge >= 0.3 is 0 Å². The quantitative estimate of drug-likeness (QED) is 0.748. The highest BCUT2D eigenvalue weighted by atomic mass is 16.1. The number of ketones is 1. The number of aromatic nitrogens is 2. The lowest BCUT2D eigenvalue weighted by Crippen LogP contribution is -2.37. The lowest BCUT2D eigenvalue weighted by molar-refractivity contribution is 0.1000. The van der Waals surface area contributed by atoms with Crippen LogP contribution < -0.4 is 5.32 Å². The van der Waals surface area contributed by atoms with E-state index in [0.29, 0.717) is 0 Å². The normalized spacial score (nSPS) is 20.3. The van der Waals surface area contributed by atoms with Crippen LogP contribution in [0.1, 0.15) is 52.6 Å².